The van der Waals surface area contributed by atoms with Crippen molar-refractivity contribution < 1.29 is 9.47 Å². The Morgan fingerprint density at radius 2 is 1.90 bits per heavy atom. The van der Waals surface area contributed by atoms with Gasteiger partial charge in [0.05, 0.1) is 20.3 Å². The summed E-state index contributed by atoms with van der Waals surface area (Å²) >= 11 is 0. The van der Waals surface area contributed by atoms with Gasteiger partial charge in [0.1, 0.15) is 17.6 Å². The van der Waals surface area contributed by atoms with E-state index >= 15 is 0 Å². The highest BCUT2D eigenvalue weighted by molar-refractivity contribution is 5.46. The molecule has 0 fully saturated rings. The number of methoxy groups -OCH3 is 2. The molecule has 0 spiro atoms. The van der Waals surface area contributed by atoms with Crippen molar-refractivity contribution in [1.82, 2.24) is 4.98 Å². The molecule has 1 heterocycles. The van der Waals surface area contributed by atoms with Crippen LogP contribution in [0.1, 0.15) is 24.2 Å². The van der Waals surface area contributed by atoms with Crippen LogP contribution in [0.5, 0.6) is 11.5 Å². The summed E-state index contributed by atoms with van der Waals surface area (Å²) in [5.74, 6) is 2.04. The highest BCUT2D eigenvalue weighted by Crippen LogP contribution is 2.30. The average molecular weight is 283 g/mol. The summed E-state index contributed by atoms with van der Waals surface area (Å²) in [6.07, 6.45) is 0. The molecule has 0 aliphatic rings. The molecule has 1 N–H and O–H groups in total. The van der Waals surface area contributed by atoms with Gasteiger partial charge >= 0.3 is 0 Å². The number of anilines is 1. The van der Waals surface area contributed by atoms with Crippen LogP contribution >= 0.6 is 0 Å². The first-order valence-electron chi connectivity index (χ1n) is 6.53. The molecule has 1 unspecified atom stereocenters. The smallest absolute Gasteiger partial charge is 0.161 e. The standard InChI is InChI=1S/C16H17N3O2/c1-11(18-16-6-4-5-13(10-17)19-16)12-7-8-14(20-2)15(9-12)21-3/h4-9,11H,1-3H3,(H,18,19). The Hall–Kier alpha value is -2.74. The summed E-state index contributed by atoms with van der Waals surface area (Å²) in [7, 11) is 3.22. The summed E-state index contributed by atoms with van der Waals surface area (Å²) in [6, 6.07) is 13.1. The van der Waals surface area contributed by atoms with Crippen molar-refractivity contribution in [2.75, 3.05) is 19.5 Å². The van der Waals surface area contributed by atoms with Crippen molar-refractivity contribution in [3.05, 3.63) is 47.7 Å². The first kappa shape index (κ1) is 14.7. The van der Waals surface area contributed by atoms with E-state index in [9.17, 15) is 0 Å². The lowest BCUT2D eigenvalue weighted by Gasteiger charge is -2.17. The number of benzene rings is 1. The largest absolute Gasteiger partial charge is 0.493 e. The number of hydrogen-bond acceptors (Lipinski definition) is 5. The lowest BCUT2D eigenvalue weighted by atomic mass is 10.1. The molecular weight excluding hydrogens is 266 g/mol. The van der Waals surface area contributed by atoms with Crippen LogP contribution in [0, 0.1) is 11.3 Å². The van der Waals surface area contributed by atoms with E-state index in [-0.39, 0.29) is 6.04 Å². The number of ether oxygens (including phenoxy) is 2. The Labute approximate surface area is 124 Å². The predicted octanol–water partition coefficient (Wildman–Crippen LogP) is 3.14. The Kier molecular flexibility index (Phi) is 4.62. The molecule has 2 aromatic rings. The molecular formula is C16H17N3O2. The minimum atomic E-state index is 0.0197. The van der Waals surface area contributed by atoms with E-state index < -0.39 is 0 Å². The zero-order chi connectivity index (χ0) is 15.2. The molecule has 0 aliphatic carbocycles. The van der Waals surface area contributed by atoms with Crippen molar-refractivity contribution in [2.45, 2.75) is 13.0 Å². The molecule has 2 rings (SSSR count). The van der Waals surface area contributed by atoms with Gasteiger partial charge in [-0.1, -0.05) is 12.1 Å². The van der Waals surface area contributed by atoms with Crippen LogP contribution in [0.25, 0.3) is 0 Å². The van der Waals surface area contributed by atoms with Crippen LogP contribution in [-0.4, -0.2) is 19.2 Å². The molecule has 108 valence electrons. The molecule has 1 atom stereocenters. The van der Waals surface area contributed by atoms with Gasteiger partial charge in [-0.25, -0.2) is 4.98 Å². The van der Waals surface area contributed by atoms with Gasteiger partial charge in [0.15, 0.2) is 11.5 Å². The van der Waals surface area contributed by atoms with E-state index in [1.165, 1.54) is 0 Å². The Morgan fingerprint density at radius 1 is 1.14 bits per heavy atom. The SMILES string of the molecule is COc1ccc(C(C)Nc2cccc(C#N)n2)cc1OC. The first-order valence-corrected chi connectivity index (χ1v) is 6.53. The predicted molar refractivity (Wildman–Crippen MR) is 80.5 cm³/mol. The molecule has 1 aromatic heterocycles. The van der Waals surface area contributed by atoms with Crippen molar-refractivity contribution in [1.29, 1.82) is 5.26 Å². The van der Waals surface area contributed by atoms with Gasteiger partial charge < -0.3 is 14.8 Å². The van der Waals surface area contributed by atoms with E-state index in [1.807, 2.05) is 37.3 Å². The van der Waals surface area contributed by atoms with Crippen LogP contribution in [0.4, 0.5) is 5.82 Å². The van der Waals surface area contributed by atoms with E-state index in [4.69, 9.17) is 14.7 Å². The van der Waals surface area contributed by atoms with Gasteiger partial charge in [0.25, 0.3) is 0 Å². The summed E-state index contributed by atoms with van der Waals surface area (Å²) in [4.78, 5) is 4.20. The fourth-order valence-corrected chi connectivity index (χ4v) is 2.00. The maximum atomic E-state index is 8.87. The second-order valence-electron chi connectivity index (χ2n) is 4.50. The lowest BCUT2D eigenvalue weighted by molar-refractivity contribution is 0.354. The number of nitriles is 1. The third kappa shape index (κ3) is 3.42. The zero-order valence-corrected chi connectivity index (χ0v) is 12.3. The highest BCUT2D eigenvalue weighted by atomic mass is 16.5. The number of pyridine rings is 1. The van der Waals surface area contributed by atoms with Gasteiger partial charge in [-0.3, -0.25) is 0 Å². The van der Waals surface area contributed by atoms with Crippen LogP contribution in [-0.2, 0) is 0 Å². The van der Waals surface area contributed by atoms with Crippen molar-refractivity contribution in [2.24, 2.45) is 0 Å². The maximum absolute atomic E-state index is 8.87. The summed E-state index contributed by atoms with van der Waals surface area (Å²) in [5, 5.41) is 12.1. The Morgan fingerprint density at radius 3 is 2.57 bits per heavy atom. The second kappa shape index (κ2) is 6.62. The molecule has 5 nitrogen and oxygen atoms in total. The number of nitrogens with zero attached hydrogens (tertiary/aromatic N) is 2. The summed E-state index contributed by atoms with van der Waals surface area (Å²) in [6.45, 7) is 2.02. The van der Waals surface area contributed by atoms with Crippen molar-refractivity contribution in [3.8, 4) is 17.6 Å². The topological polar surface area (TPSA) is 67.2 Å². The summed E-state index contributed by atoms with van der Waals surface area (Å²) in [5.41, 5.74) is 1.43. The summed E-state index contributed by atoms with van der Waals surface area (Å²) < 4.78 is 10.5. The fourth-order valence-electron chi connectivity index (χ4n) is 2.00. The van der Waals surface area contributed by atoms with Crippen molar-refractivity contribution in [3.63, 3.8) is 0 Å². The van der Waals surface area contributed by atoms with Gasteiger partial charge in [0.2, 0.25) is 0 Å². The van der Waals surface area contributed by atoms with Crippen LogP contribution in [0.3, 0.4) is 0 Å². The van der Waals surface area contributed by atoms with Crippen molar-refractivity contribution >= 4 is 5.82 Å². The minimum absolute atomic E-state index is 0.0197. The van der Waals surface area contributed by atoms with Gasteiger partial charge in [0, 0.05) is 0 Å². The molecule has 0 saturated carbocycles. The minimum Gasteiger partial charge on any atom is -0.493 e. The highest BCUT2D eigenvalue weighted by Gasteiger charge is 2.10. The number of rotatable bonds is 5. The molecule has 21 heavy (non-hydrogen) atoms. The molecule has 0 amide bonds. The quantitative estimate of drug-likeness (QED) is 0.913. The fraction of sp³-hybridized carbons (Fsp3) is 0.250. The van der Waals surface area contributed by atoms with Crippen LogP contribution in [0.15, 0.2) is 36.4 Å². The van der Waals surface area contributed by atoms with E-state index in [1.54, 1.807) is 26.4 Å². The number of hydrogen-bond donors (Lipinski definition) is 1. The molecule has 1 aromatic carbocycles. The molecule has 5 heteroatoms. The Balaban J connectivity index is 2.20. The van der Waals surface area contributed by atoms with E-state index in [0.717, 1.165) is 5.56 Å². The van der Waals surface area contributed by atoms with E-state index in [2.05, 4.69) is 10.3 Å². The average Bonchev–Trinajstić information content (AvgIpc) is 2.54. The third-order valence-electron chi connectivity index (χ3n) is 3.14. The van der Waals surface area contributed by atoms with Gasteiger partial charge in [-0.15, -0.1) is 0 Å². The second-order valence-corrected chi connectivity index (χ2v) is 4.50. The first-order chi connectivity index (χ1) is 10.2. The van der Waals surface area contributed by atoms with Gasteiger partial charge in [-0.2, -0.15) is 5.26 Å². The van der Waals surface area contributed by atoms with Gasteiger partial charge in [-0.05, 0) is 36.8 Å². The number of aromatic nitrogens is 1. The number of nitrogens with one attached hydrogen (secondary N) is 1. The molecule has 0 saturated heterocycles. The third-order valence-corrected chi connectivity index (χ3v) is 3.14. The molecule has 0 bridgehead atoms. The lowest BCUT2D eigenvalue weighted by Crippen LogP contribution is -2.08. The van der Waals surface area contributed by atoms with E-state index in [0.29, 0.717) is 23.0 Å². The molecule has 0 aliphatic heterocycles. The Bertz CT molecular complexity index is 665. The van der Waals surface area contributed by atoms with Crippen LogP contribution in [0.2, 0.25) is 0 Å². The monoisotopic (exact) mass is 283 g/mol. The normalized spacial score (nSPS) is 11.3. The maximum Gasteiger partial charge on any atom is 0.161 e. The zero-order valence-electron chi connectivity index (χ0n) is 12.3. The molecule has 0 radical (unpaired) electrons. The van der Waals surface area contributed by atoms with Crippen LogP contribution < -0.4 is 14.8 Å².